The molecule has 0 aromatic heterocycles. The Kier molecular flexibility index (Phi) is 9.00. The summed E-state index contributed by atoms with van der Waals surface area (Å²) in [6.45, 7) is 0.0330. The van der Waals surface area contributed by atoms with Crippen molar-refractivity contribution in [2.45, 2.75) is 11.4 Å². The van der Waals surface area contributed by atoms with Crippen molar-refractivity contribution in [1.82, 2.24) is 5.43 Å². The maximum absolute atomic E-state index is 13.8. The van der Waals surface area contributed by atoms with Gasteiger partial charge in [-0.15, -0.1) is 0 Å². The number of hydrogen-bond donors (Lipinski definition) is 1. The zero-order valence-corrected chi connectivity index (χ0v) is 23.6. The summed E-state index contributed by atoms with van der Waals surface area (Å²) in [4.78, 5) is 13.4. The third-order valence-electron chi connectivity index (χ3n) is 5.75. The molecule has 8 nitrogen and oxygen atoms in total. The highest BCUT2D eigenvalue weighted by atomic mass is 79.9. The van der Waals surface area contributed by atoms with E-state index >= 15 is 0 Å². The van der Waals surface area contributed by atoms with Crippen LogP contribution in [0.2, 0.25) is 0 Å². The summed E-state index contributed by atoms with van der Waals surface area (Å²) >= 11 is 3.43. The molecule has 200 valence electrons. The molecule has 0 spiro atoms. The lowest BCUT2D eigenvalue weighted by molar-refractivity contribution is 0.0955. The molecular formula is C29H26BrN3O5S. The van der Waals surface area contributed by atoms with E-state index < -0.39 is 15.9 Å². The van der Waals surface area contributed by atoms with E-state index in [0.29, 0.717) is 21.5 Å². The zero-order chi connectivity index (χ0) is 27.8. The van der Waals surface area contributed by atoms with Gasteiger partial charge in [0, 0.05) is 0 Å². The van der Waals surface area contributed by atoms with E-state index in [1.165, 1.54) is 36.9 Å². The molecule has 0 unspecified atom stereocenters. The number of amides is 1. The maximum atomic E-state index is 13.8. The molecule has 0 radical (unpaired) electrons. The van der Waals surface area contributed by atoms with Crippen LogP contribution < -0.4 is 19.2 Å². The summed E-state index contributed by atoms with van der Waals surface area (Å²) < 4.78 is 40.2. The second-order valence-corrected chi connectivity index (χ2v) is 11.0. The van der Waals surface area contributed by atoms with Gasteiger partial charge in [0.2, 0.25) is 0 Å². The number of hydrogen-bond acceptors (Lipinski definition) is 6. The summed E-state index contributed by atoms with van der Waals surface area (Å²) in [5.41, 5.74) is 4.30. The van der Waals surface area contributed by atoms with Gasteiger partial charge in [0.05, 0.1) is 47.6 Å². The number of rotatable bonds is 10. The van der Waals surface area contributed by atoms with Gasteiger partial charge in [0.1, 0.15) is 0 Å². The normalized spacial score (nSPS) is 11.3. The summed E-state index contributed by atoms with van der Waals surface area (Å²) in [6.07, 6.45) is 1.45. The van der Waals surface area contributed by atoms with E-state index in [2.05, 4.69) is 26.5 Å². The van der Waals surface area contributed by atoms with Crippen molar-refractivity contribution in [3.8, 4) is 11.5 Å². The largest absolute Gasteiger partial charge is 0.493 e. The summed E-state index contributed by atoms with van der Waals surface area (Å²) in [7, 11) is -0.950. The Hall–Kier alpha value is -4.15. The van der Waals surface area contributed by atoms with E-state index in [9.17, 15) is 13.2 Å². The minimum Gasteiger partial charge on any atom is -0.493 e. The fourth-order valence-electron chi connectivity index (χ4n) is 3.89. The van der Waals surface area contributed by atoms with Gasteiger partial charge < -0.3 is 9.47 Å². The molecule has 4 aromatic carbocycles. The van der Waals surface area contributed by atoms with Crippen LogP contribution in [0.4, 0.5) is 5.69 Å². The number of nitrogens with zero attached hydrogens (tertiary/aromatic N) is 2. The molecule has 0 heterocycles. The first kappa shape index (κ1) is 27.9. The summed E-state index contributed by atoms with van der Waals surface area (Å²) in [6, 6.07) is 27.3. The van der Waals surface area contributed by atoms with Crippen molar-refractivity contribution in [2.75, 3.05) is 18.5 Å². The lowest BCUT2D eigenvalue weighted by Crippen LogP contribution is -2.33. The molecule has 1 amide bonds. The van der Waals surface area contributed by atoms with E-state index in [1.54, 1.807) is 54.6 Å². The second-order valence-electron chi connectivity index (χ2n) is 8.26. The minimum absolute atomic E-state index is 0.0330. The van der Waals surface area contributed by atoms with Gasteiger partial charge in [0.25, 0.3) is 15.9 Å². The highest BCUT2D eigenvalue weighted by molar-refractivity contribution is 9.10. The van der Waals surface area contributed by atoms with Crippen LogP contribution in [-0.4, -0.2) is 34.8 Å². The van der Waals surface area contributed by atoms with Crippen molar-refractivity contribution >= 4 is 43.8 Å². The number of anilines is 1. The van der Waals surface area contributed by atoms with Gasteiger partial charge in [-0.05, 0) is 63.5 Å². The van der Waals surface area contributed by atoms with Crippen LogP contribution in [0, 0.1) is 0 Å². The molecule has 0 saturated heterocycles. The highest BCUT2D eigenvalue weighted by Crippen LogP contribution is 2.36. The predicted octanol–water partition coefficient (Wildman–Crippen LogP) is 5.63. The Balaban J connectivity index is 1.67. The Morgan fingerprint density at radius 3 is 2.23 bits per heavy atom. The van der Waals surface area contributed by atoms with Gasteiger partial charge in [-0.2, -0.15) is 5.10 Å². The van der Waals surface area contributed by atoms with Crippen molar-refractivity contribution in [3.05, 3.63) is 118 Å². The number of methoxy groups -OCH3 is 2. The SMILES string of the molecule is COc1cc(/C=N\NC(=O)c2ccccc2N(Cc2ccccc2)S(=O)(=O)c2ccccc2)cc(Br)c1OC. The number of sulfonamides is 1. The Morgan fingerprint density at radius 2 is 1.56 bits per heavy atom. The van der Waals surface area contributed by atoms with Crippen LogP contribution >= 0.6 is 15.9 Å². The average Bonchev–Trinajstić information content (AvgIpc) is 2.96. The average molecular weight is 609 g/mol. The van der Waals surface area contributed by atoms with Gasteiger partial charge >= 0.3 is 0 Å². The molecule has 0 aliphatic carbocycles. The quantitative estimate of drug-likeness (QED) is 0.186. The summed E-state index contributed by atoms with van der Waals surface area (Å²) in [5, 5.41) is 4.09. The molecular weight excluding hydrogens is 582 g/mol. The zero-order valence-electron chi connectivity index (χ0n) is 21.2. The molecule has 0 bridgehead atoms. The molecule has 0 aliphatic heterocycles. The monoisotopic (exact) mass is 607 g/mol. The first-order valence-electron chi connectivity index (χ1n) is 11.8. The van der Waals surface area contributed by atoms with E-state index in [1.807, 2.05) is 30.3 Å². The van der Waals surface area contributed by atoms with Crippen LogP contribution in [0.15, 0.2) is 112 Å². The van der Waals surface area contributed by atoms with Crippen LogP contribution in [0.3, 0.4) is 0 Å². The number of benzene rings is 4. The Labute approximate surface area is 236 Å². The smallest absolute Gasteiger partial charge is 0.273 e. The van der Waals surface area contributed by atoms with Crippen molar-refractivity contribution in [3.63, 3.8) is 0 Å². The van der Waals surface area contributed by atoms with Crippen LogP contribution in [0.5, 0.6) is 11.5 Å². The number of nitrogens with one attached hydrogen (secondary N) is 1. The van der Waals surface area contributed by atoms with Gasteiger partial charge in [-0.25, -0.2) is 13.8 Å². The minimum atomic E-state index is -4.01. The molecule has 4 rings (SSSR count). The standard InChI is InChI=1S/C29H26BrN3O5S/c1-37-27-18-22(17-25(30)28(27)38-2)19-31-32-29(34)24-15-9-10-16-26(24)33(20-21-11-5-3-6-12-21)39(35,36)23-13-7-4-8-14-23/h3-19H,20H2,1-2H3,(H,32,34)/b31-19-. The Bertz CT molecular complexity index is 1580. The molecule has 0 atom stereocenters. The second kappa shape index (κ2) is 12.6. The van der Waals surface area contributed by atoms with E-state index in [-0.39, 0.29) is 22.7 Å². The highest BCUT2D eigenvalue weighted by Gasteiger charge is 2.28. The molecule has 39 heavy (non-hydrogen) atoms. The Morgan fingerprint density at radius 1 is 0.923 bits per heavy atom. The first-order valence-corrected chi connectivity index (χ1v) is 14.0. The number of carbonyl (C=O) groups excluding carboxylic acids is 1. The predicted molar refractivity (Wildman–Crippen MR) is 155 cm³/mol. The molecule has 4 aromatic rings. The lowest BCUT2D eigenvalue weighted by Gasteiger charge is -2.26. The third kappa shape index (κ3) is 6.47. The molecule has 0 aliphatic rings. The van der Waals surface area contributed by atoms with Crippen molar-refractivity contribution < 1.29 is 22.7 Å². The number of para-hydroxylation sites is 1. The first-order chi connectivity index (χ1) is 18.8. The topological polar surface area (TPSA) is 97.3 Å². The fourth-order valence-corrected chi connectivity index (χ4v) is 6.00. The number of hydrazone groups is 1. The van der Waals surface area contributed by atoms with Crippen molar-refractivity contribution in [1.29, 1.82) is 0 Å². The van der Waals surface area contributed by atoms with Gasteiger partial charge in [0.15, 0.2) is 11.5 Å². The maximum Gasteiger partial charge on any atom is 0.273 e. The fraction of sp³-hybridized carbons (Fsp3) is 0.103. The lowest BCUT2D eigenvalue weighted by atomic mass is 10.1. The number of ether oxygens (including phenoxy) is 2. The third-order valence-corrected chi connectivity index (χ3v) is 8.12. The molecule has 0 fully saturated rings. The van der Waals surface area contributed by atoms with Gasteiger partial charge in [-0.1, -0.05) is 60.7 Å². The van der Waals surface area contributed by atoms with Crippen LogP contribution in [0.1, 0.15) is 21.5 Å². The van der Waals surface area contributed by atoms with Crippen LogP contribution in [0.25, 0.3) is 0 Å². The molecule has 10 heteroatoms. The summed E-state index contributed by atoms with van der Waals surface area (Å²) in [5.74, 6) is 0.459. The molecule has 1 N–H and O–H groups in total. The van der Waals surface area contributed by atoms with E-state index in [4.69, 9.17) is 9.47 Å². The number of halogens is 1. The number of carbonyl (C=O) groups is 1. The van der Waals surface area contributed by atoms with Crippen LogP contribution in [-0.2, 0) is 16.6 Å². The van der Waals surface area contributed by atoms with Gasteiger partial charge in [-0.3, -0.25) is 9.10 Å². The molecule has 0 saturated carbocycles. The van der Waals surface area contributed by atoms with E-state index in [0.717, 1.165) is 5.56 Å². The van der Waals surface area contributed by atoms with Crippen molar-refractivity contribution in [2.24, 2.45) is 5.10 Å².